The van der Waals surface area contributed by atoms with Gasteiger partial charge in [-0.05, 0) is 13.0 Å². The van der Waals surface area contributed by atoms with E-state index in [-0.39, 0.29) is 6.54 Å². The van der Waals surface area contributed by atoms with Crippen LogP contribution in [0.15, 0.2) is 23.3 Å². The number of aromatic amines is 1. The van der Waals surface area contributed by atoms with Gasteiger partial charge in [-0.25, -0.2) is 9.78 Å². The number of pyridine rings is 1. The Balaban J connectivity index is 2.03. The zero-order valence-corrected chi connectivity index (χ0v) is 12.1. The van der Waals surface area contributed by atoms with Gasteiger partial charge in [0.25, 0.3) is 5.56 Å². The van der Waals surface area contributed by atoms with Crippen molar-refractivity contribution in [2.75, 3.05) is 5.32 Å². The monoisotopic (exact) mass is 332 g/mol. The Bertz CT molecular complexity index is 738. The molecule has 0 unspecified atom stereocenters. The SMILES string of the molecule is Cc1ncc(CNC(=O)Nc2cc(C(F)(F)F)c[nH]c2=O)s1. The molecule has 0 fully saturated rings. The molecular formula is C12H11F3N4O2S. The van der Waals surface area contributed by atoms with Crippen LogP contribution >= 0.6 is 11.3 Å². The maximum Gasteiger partial charge on any atom is 0.417 e. The van der Waals surface area contributed by atoms with Gasteiger partial charge in [-0.2, -0.15) is 13.2 Å². The number of amides is 2. The summed E-state index contributed by atoms with van der Waals surface area (Å²) < 4.78 is 37.7. The molecule has 22 heavy (non-hydrogen) atoms. The number of anilines is 1. The number of urea groups is 1. The topological polar surface area (TPSA) is 86.9 Å². The maximum atomic E-state index is 12.6. The highest BCUT2D eigenvalue weighted by molar-refractivity contribution is 7.11. The number of thiazole rings is 1. The average molecular weight is 332 g/mol. The van der Waals surface area contributed by atoms with Crippen LogP contribution in [0.2, 0.25) is 0 Å². The van der Waals surface area contributed by atoms with E-state index in [1.807, 2.05) is 4.98 Å². The summed E-state index contributed by atoms with van der Waals surface area (Å²) in [7, 11) is 0. The van der Waals surface area contributed by atoms with Gasteiger partial charge >= 0.3 is 12.2 Å². The lowest BCUT2D eigenvalue weighted by Crippen LogP contribution is -2.30. The highest BCUT2D eigenvalue weighted by Gasteiger charge is 2.31. The van der Waals surface area contributed by atoms with E-state index in [9.17, 15) is 22.8 Å². The molecule has 0 aliphatic heterocycles. The molecule has 0 aliphatic rings. The van der Waals surface area contributed by atoms with Crippen molar-refractivity contribution in [3.05, 3.63) is 44.3 Å². The van der Waals surface area contributed by atoms with Gasteiger partial charge in [0.2, 0.25) is 0 Å². The number of H-pyrrole nitrogens is 1. The molecule has 118 valence electrons. The van der Waals surface area contributed by atoms with Crippen LogP contribution in [0, 0.1) is 6.92 Å². The summed E-state index contributed by atoms with van der Waals surface area (Å²) in [6.45, 7) is 1.96. The van der Waals surface area contributed by atoms with Crippen molar-refractivity contribution in [2.24, 2.45) is 0 Å². The van der Waals surface area contributed by atoms with Gasteiger partial charge in [0.15, 0.2) is 0 Å². The molecule has 0 atom stereocenters. The Hall–Kier alpha value is -2.36. The lowest BCUT2D eigenvalue weighted by molar-refractivity contribution is -0.137. The summed E-state index contributed by atoms with van der Waals surface area (Å²) in [5, 5.41) is 5.35. The third-order valence-corrected chi connectivity index (χ3v) is 3.48. The van der Waals surface area contributed by atoms with Gasteiger partial charge in [0.1, 0.15) is 5.69 Å². The first kappa shape index (κ1) is 16.0. The van der Waals surface area contributed by atoms with Crippen LogP contribution in [0.25, 0.3) is 0 Å². The van der Waals surface area contributed by atoms with E-state index in [1.54, 1.807) is 13.1 Å². The van der Waals surface area contributed by atoms with E-state index in [4.69, 9.17) is 0 Å². The van der Waals surface area contributed by atoms with Gasteiger partial charge in [0.05, 0.1) is 17.1 Å². The molecule has 2 rings (SSSR count). The number of alkyl halides is 3. The van der Waals surface area contributed by atoms with Crippen molar-refractivity contribution in [1.29, 1.82) is 0 Å². The summed E-state index contributed by atoms with van der Waals surface area (Å²) in [5.41, 5.74) is -2.36. The Morgan fingerprint density at radius 3 is 2.77 bits per heavy atom. The van der Waals surface area contributed by atoms with Gasteiger partial charge in [0, 0.05) is 17.3 Å². The number of hydrogen-bond acceptors (Lipinski definition) is 4. The summed E-state index contributed by atoms with van der Waals surface area (Å²) in [6.07, 6.45) is -2.49. The molecular weight excluding hydrogens is 321 g/mol. The van der Waals surface area contributed by atoms with E-state index in [2.05, 4.69) is 15.6 Å². The number of aromatic nitrogens is 2. The largest absolute Gasteiger partial charge is 0.417 e. The van der Waals surface area contributed by atoms with Crippen LogP contribution < -0.4 is 16.2 Å². The lowest BCUT2D eigenvalue weighted by atomic mass is 10.2. The first-order valence-corrected chi connectivity index (χ1v) is 6.83. The van der Waals surface area contributed by atoms with Gasteiger partial charge in [-0.3, -0.25) is 4.79 Å². The van der Waals surface area contributed by atoms with Crippen LogP contribution in [0.1, 0.15) is 15.4 Å². The Labute approximate surface area is 126 Å². The van der Waals surface area contributed by atoms with Gasteiger partial charge in [-0.1, -0.05) is 0 Å². The summed E-state index contributed by atoms with van der Waals surface area (Å²) in [5.74, 6) is 0. The van der Waals surface area contributed by atoms with Crippen LogP contribution in [0.5, 0.6) is 0 Å². The van der Waals surface area contributed by atoms with Crippen LogP contribution in [-0.2, 0) is 12.7 Å². The predicted octanol–water partition coefficient (Wildman–Crippen LogP) is 2.48. The summed E-state index contributed by atoms with van der Waals surface area (Å²) >= 11 is 1.37. The minimum Gasteiger partial charge on any atom is -0.333 e. The van der Waals surface area contributed by atoms with Gasteiger partial charge in [-0.15, -0.1) is 11.3 Å². The number of rotatable bonds is 3. The second kappa shape index (κ2) is 6.18. The molecule has 2 heterocycles. The molecule has 3 N–H and O–H groups in total. The number of aryl methyl sites for hydroxylation is 1. The minimum atomic E-state index is -4.61. The zero-order chi connectivity index (χ0) is 16.3. The van der Waals surface area contributed by atoms with E-state index in [1.165, 1.54) is 11.3 Å². The van der Waals surface area contributed by atoms with Crippen LogP contribution in [-0.4, -0.2) is 16.0 Å². The third kappa shape index (κ3) is 4.07. The fourth-order valence-corrected chi connectivity index (χ4v) is 2.30. The molecule has 2 aromatic heterocycles. The zero-order valence-electron chi connectivity index (χ0n) is 11.2. The van der Waals surface area contributed by atoms with E-state index >= 15 is 0 Å². The highest BCUT2D eigenvalue weighted by atomic mass is 32.1. The van der Waals surface area contributed by atoms with Crippen molar-refractivity contribution in [3.63, 3.8) is 0 Å². The quantitative estimate of drug-likeness (QED) is 0.807. The first-order valence-electron chi connectivity index (χ1n) is 6.02. The first-order chi connectivity index (χ1) is 10.3. The van der Waals surface area contributed by atoms with Crippen molar-refractivity contribution >= 4 is 23.1 Å². The van der Waals surface area contributed by atoms with Crippen molar-refractivity contribution in [3.8, 4) is 0 Å². The van der Waals surface area contributed by atoms with Crippen LogP contribution in [0.3, 0.4) is 0 Å². The number of halogens is 3. The number of carbonyl (C=O) groups excluding carboxylic acids is 1. The second-order valence-corrected chi connectivity index (χ2v) is 5.60. The summed E-state index contributed by atoms with van der Waals surface area (Å²) in [4.78, 5) is 29.8. The Morgan fingerprint density at radius 1 is 1.45 bits per heavy atom. The number of nitrogens with zero attached hydrogens (tertiary/aromatic N) is 1. The minimum absolute atomic E-state index is 0.161. The van der Waals surface area contributed by atoms with Crippen molar-refractivity contribution in [2.45, 2.75) is 19.6 Å². The molecule has 0 saturated carbocycles. The second-order valence-electron chi connectivity index (χ2n) is 4.28. The normalized spacial score (nSPS) is 11.3. The van der Waals surface area contributed by atoms with Crippen LogP contribution in [0.4, 0.5) is 23.7 Å². The molecule has 0 radical (unpaired) electrons. The highest BCUT2D eigenvalue weighted by Crippen LogP contribution is 2.29. The summed E-state index contributed by atoms with van der Waals surface area (Å²) in [6, 6.07) is -0.203. The third-order valence-electron chi connectivity index (χ3n) is 2.57. The number of carbonyl (C=O) groups is 1. The molecule has 0 aliphatic carbocycles. The smallest absolute Gasteiger partial charge is 0.333 e. The molecule has 2 amide bonds. The molecule has 2 aromatic rings. The molecule has 0 aromatic carbocycles. The number of nitrogens with one attached hydrogen (secondary N) is 3. The van der Waals surface area contributed by atoms with Crippen molar-refractivity contribution in [1.82, 2.24) is 15.3 Å². The molecule has 10 heteroatoms. The molecule has 0 bridgehead atoms. The maximum absolute atomic E-state index is 12.6. The molecule has 0 spiro atoms. The van der Waals surface area contributed by atoms with E-state index in [0.717, 1.165) is 9.88 Å². The average Bonchev–Trinajstić information content (AvgIpc) is 2.83. The van der Waals surface area contributed by atoms with Crippen molar-refractivity contribution < 1.29 is 18.0 Å². The fraction of sp³-hybridized carbons (Fsp3) is 0.250. The predicted molar refractivity (Wildman–Crippen MR) is 74.8 cm³/mol. The Morgan fingerprint density at radius 2 is 2.18 bits per heavy atom. The lowest BCUT2D eigenvalue weighted by Gasteiger charge is -2.09. The van der Waals surface area contributed by atoms with E-state index in [0.29, 0.717) is 12.3 Å². The fourth-order valence-electron chi connectivity index (χ4n) is 1.56. The van der Waals surface area contributed by atoms with E-state index < -0.39 is 29.0 Å². The molecule has 6 nitrogen and oxygen atoms in total. The Kier molecular flexibility index (Phi) is 4.50. The standard InChI is InChI=1S/C12H11F3N4O2S/c1-6-16-4-8(22-6)5-18-11(21)19-9-2-7(12(13,14)15)3-17-10(9)20/h2-4H,5H2,1H3,(H,17,20)(H2,18,19,21). The number of hydrogen-bond donors (Lipinski definition) is 3. The van der Waals surface area contributed by atoms with Gasteiger partial charge < -0.3 is 15.6 Å². The molecule has 0 saturated heterocycles.